The van der Waals surface area contributed by atoms with Gasteiger partial charge in [-0.25, -0.2) is 4.98 Å². The van der Waals surface area contributed by atoms with Crippen LogP contribution in [0.4, 0.5) is 11.8 Å². The van der Waals surface area contributed by atoms with Crippen molar-refractivity contribution in [3.05, 3.63) is 34.7 Å². The van der Waals surface area contributed by atoms with Crippen LogP contribution in [0.5, 0.6) is 0 Å². The Balaban J connectivity index is 2.16. The lowest BCUT2D eigenvalue weighted by Gasteiger charge is -2.21. The molecule has 0 amide bonds. The fraction of sp³-hybridized carbons (Fsp3) is 0.333. The molecule has 90 valence electrons. The summed E-state index contributed by atoms with van der Waals surface area (Å²) in [4.78, 5) is 12.2. The molecule has 0 bridgehead atoms. The Morgan fingerprint density at radius 1 is 1.41 bits per heavy atom. The molecule has 0 atom stereocenters. The van der Waals surface area contributed by atoms with Crippen molar-refractivity contribution < 1.29 is 0 Å². The molecule has 2 aromatic heterocycles. The van der Waals surface area contributed by atoms with Gasteiger partial charge in [0, 0.05) is 24.7 Å². The van der Waals surface area contributed by atoms with Crippen molar-refractivity contribution >= 4 is 23.1 Å². The quantitative estimate of drug-likeness (QED) is 0.883. The smallest absolute Gasteiger partial charge is 0.224 e. The molecule has 0 aliphatic rings. The largest absolute Gasteiger partial charge is 0.357 e. The highest BCUT2D eigenvalue weighted by atomic mass is 32.1. The Labute approximate surface area is 105 Å². The van der Waals surface area contributed by atoms with Crippen LogP contribution in [0.1, 0.15) is 11.8 Å². The summed E-state index contributed by atoms with van der Waals surface area (Å²) in [6.45, 7) is 3.96. The molecule has 0 aromatic carbocycles. The van der Waals surface area contributed by atoms with Gasteiger partial charge < -0.3 is 10.2 Å². The molecule has 1 N–H and O–H groups in total. The van der Waals surface area contributed by atoms with Gasteiger partial charge in [-0.3, -0.25) is 0 Å². The van der Waals surface area contributed by atoms with Gasteiger partial charge in [0.05, 0.1) is 6.54 Å². The molecule has 0 spiro atoms. The molecule has 0 fully saturated rings. The van der Waals surface area contributed by atoms with Gasteiger partial charge in [0.1, 0.15) is 5.82 Å². The second-order valence-electron chi connectivity index (χ2n) is 3.58. The standard InChI is InChI=1S/C12H16N4S/c1-3-16(9-10-5-4-8-17-10)11-6-7-14-12(13-2)15-11/h4-8H,3,9H2,1-2H3,(H,13,14,15). The second kappa shape index (κ2) is 5.63. The molecule has 4 nitrogen and oxygen atoms in total. The van der Waals surface area contributed by atoms with E-state index in [1.54, 1.807) is 17.5 Å². The van der Waals surface area contributed by atoms with E-state index in [0.29, 0.717) is 5.95 Å². The van der Waals surface area contributed by atoms with Crippen molar-refractivity contribution in [1.82, 2.24) is 9.97 Å². The minimum absolute atomic E-state index is 0.659. The van der Waals surface area contributed by atoms with Gasteiger partial charge >= 0.3 is 0 Å². The zero-order chi connectivity index (χ0) is 12.1. The van der Waals surface area contributed by atoms with Crippen LogP contribution in [0.3, 0.4) is 0 Å². The topological polar surface area (TPSA) is 41.1 Å². The Morgan fingerprint density at radius 2 is 2.29 bits per heavy atom. The summed E-state index contributed by atoms with van der Waals surface area (Å²) in [6.07, 6.45) is 1.78. The van der Waals surface area contributed by atoms with E-state index in [1.807, 2.05) is 13.1 Å². The molecule has 0 saturated carbocycles. The summed E-state index contributed by atoms with van der Waals surface area (Å²) in [5, 5.41) is 5.06. The van der Waals surface area contributed by atoms with Crippen molar-refractivity contribution in [3.8, 4) is 0 Å². The third-order valence-corrected chi connectivity index (χ3v) is 3.36. The van der Waals surface area contributed by atoms with Crippen molar-refractivity contribution in [2.24, 2.45) is 0 Å². The lowest BCUT2D eigenvalue weighted by atomic mass is 10.4. The number of nitrogens with zero attached hydrogens (tertiary/aromatic N) is 3. The maximum absolute atomic E-state index is 4.45. The van der Waals surface area contributed by atoms with Crippen LogP contribution < -0.4 is 10.2 Å². The van der Waals surface area contributed by atoms with E-state index in [1.165, 1.54) is 4.88 Å². The normalized spacial score (nSPS) is 10.2. The SMILES string of the molecule is CCN(Cc1cccs1)c1ccnc(NC)n1. The van der Waals surface area contributed by atoms with E-state index < -0.39 is 0 Å². The van der Waals surface area contributed by atoms with Crippen LogP contribution in [0, 0.1) is 0 Å². The number of rotatable bonds is 5. The molecular formula is C12H16N4S. The third kappa shape index (κ3) is 2.94. The van der Waals surface area contributed by atoms with Crippen molar-refractivity contribution in [3.63, 3.8) is 0 Å². The summed E-state index contributed by atoms with van der Waals surface area (Å²) >= 11 is 1.77. The maximum Gasteiger partial charge on any atom is 0.224 e. The Bertz CT molecular complexity index is 455. The zero-order valence-electron chi connectivity index (χ0n) is 10.1. The maximum atomic E-state index is 4.45. The van der Waals surface area contributed by atoms with Crippen LogP contribution in [0.2, 0.25) is 0 Å². The zero-order valence-corrected chi connectivity index (χ0v) is 10.9. The average Bonchev–Trinajstić information content (AvgIpc) is 2.89. The van der Waals surface area contributed by atoms with Crippen LogP contribution in [0.15, 0.2) is 29.8 Å². The van der Waals surface area contributed by atoms with Gasteiger partial charge in [0.25, 0.3) is 0 Å². The molecule has 17 heavy (non-hydrogen) atoms. The molecule has 2 rings (SSSR count). The minimum Gasteiger partial charge on any atom is -0.357 e. The summed E-state index contributed by atoms with van der Waals surface area (Å²) in [5.74, 6) is 1.62. The number of aromatic nitrogens is 2. The van der Waals surface area contributed by atoms with E-state index in [9.17, 15) is 0 Å². The van der Waals surface area contributed by atoms with Crippen LogP contribution in [-0.2, 0) is 6.54 Å². The number of hydrogen-bond donors (Lipinski definition) is 1. The molecule has 0 unspecified atom stereocenters. The Morgan fingerprint density at radius 3 is 2.94 bits per heavy atom. The number of hydrogen-bond acceptors (Lipinski definition) is 5. The first-order chi connectivity index (χ1) is 8.33. The molecule has 0 aliphatic heterocycles. The van der Waals surface area contributed by atoms with Crippen LogP contribution in [0.25, 0.3) is 0 Å². The van der Waals surface area contributed by atoms with E-state index >= 15 is 0 Å². The van der Waals surface area contributed by atoms with Gasteiger partial charge in [-0.2, -0.15) is 4.98 Å². The fourth-order valence-corrected chi connectivity index (χ4v) is 2.31. The fourth-order valence-electron chi connectivity index (χ4n) is 1.59. The molecule has 2 heterocycles. The molecule has 5 heteroatoms. The van der Waals surface area contributed by atoms with Gasteiger partial charge in [-0.1, -0.05) is 6.07 Å². The van der Waals surface area contributed by atoms with E-state index in [4.69, 9.17) is 0 Å². The predicted octanol–water partition coefficient (Wildman–Crippen LogP) is 2.61. The Kier molecular flexibility index (Phi) is 3.93. The molecule has 0 aliphatic carbocycles. The lowest BCUT2D eigenvalue weighted by molar-refractivity contribution is 0.820. The van der Waals surface area contributed by atoms with Gasteiger partial charge in [0.2, 0.25) is 5.95 Å². The minimum atomic E-state index is 0.659. The first-order valence-corrected chi connectivity index (χ1v) is 6.49. The van der Waals surface area contributed by atoms with Crippen molar-refractivity contribution in [2.75, 3.05) is 23.8 Å². The van der Waals surface area contributed by atoms with Gasteiger partial charge in [0.15, 0.2) is 0 Å². The van der Waals surface area contributed by atoms with Gasteiger partial charge in [-0.05, 0) is 24.4 Å². The monoisotopic (exact) mass is 248 g/mol. The predicted molar refractivity (Wildman–Crippen MR) is 72.6 cm³/mol. The van der Waals surface area contributed by atoms with Crippen molar-refractivity contribution in [2.45, 2.75) is 13.5 Å². The number of anilines is 2. The molecule has 2 aromatic rings. The average molecular weight is 248 g/mol. The summed E-state index contributed by atoms with van der Waals surface area (Å²) in [7, 11) is 1.83. The van der Waals surface area contributed by atoms with E-state index in [-0.39, 0.29) is 0 Å². The number of thiophene rings is 1. The highest BCUT2D eigenvalue weighted by molar-refractivity contribution is 7.09. The summed E-state index contributed by atoms with van der Waals surface area (Å²) in [5.41, 5.74) is 0. The summed E-state index contributed by atoms with van der Waals surface area (Å²) in [6, 6.07) is 6.16. The highest BCUT2D eigenvalue weighted by Gasteiger charge is 2.08. The first-order valence-electron chi connectivity index (χ1n) is 5.61. The van der Waals surface area contributed by atoms with E-state index in [0.717, 1.165) is 18.9 Å². The third-order valence-electron chi connectivity index (χ3n) is 2.50. The van der Waals surface area contributed by atoms with Crippen LogP contribution >= 0.6 is 11.3 Å². The summed E-state index contributed by atoms with van der Waals surface area (Å²) < 4.78 is 0. The highest BCUT2D eigenvalue weighted by Crippen LogP contribution is 2.17. The van der Waals surface area contributed by atoms with Crippen LogP contribution in [-0.4, -0.2) is 23.6 Å². The molecule has 0 radical (unpaired) electrons. The van der Waals surface area contributed by atoms with Gasteiger partial charge in [-0.15, -0.1) is 11.3 Å². The lowest BCUT2D eigenvalue weighted by Crippen LogP contribution is -2.22. The molecule has 0 saturated heterocycles. The van der Waals surface area contributed by atoms with Crippen molar-refractivity contribution in [1.29, 1.82) is 0 Å². The second-order valence-corrected chi connectivity index (χ2v) is 4.61. The Hall–Kier alpha value is -1.62. The van der Waals surface area contributed by atoms with E-state index in [2.05, 4.69) is 44.6 Å². The first kappa shape index (κ1) is 11.9. The number of nitrogens with one attached hydrogen (secondary N) is 1. The molecular weight excluding hydrogens is 232 g/mol.